The van der Waals surface area contributed by atoms with E-state index in [9.17, 15) is 0 Å². The molecule has 0 radical (unpaired) electrons. The zero-order chi connectivity index (χ0) is 9.97. The van der Waals surface area contributed by atoms with Gasteiger partial charge in [-0.15, -0.1) is 0 Å². The van der Waals surface area contributed by atoms with Gasteiger partial charge in [0, 0.05) is 0 Å². The van der Waals surface area contributed by atoms with Crippen molar-refractivity contribution in [1.82, 2.24) is 0 Å². The Bertz CT molecular complexity index is 331. The number of hydrogen-bond donors (Lipinski definition) is 0. The Morgan fingerprint density at radius 2 is 2.00 bits per heavy atom. The van der Waals surface area contributed by atoms with E-state index in [-0.39, 0.29) is 0 Å². The minimum Gasteiger partial charge on any atom is -0.490 e. The van der Waals surface area contributed by atoms with E-state index >= 15 is 0 Å². The van der Waals surface area contributed by atoms with Crippen LogP contribution in [-0.4, -0.2) is 6.61 Å². The summed E-state index contributed by atoms with van der Waals surface area (Å²) >= 11 is 0. The summed E-state index contributed by atoms with van der Waals surface area (Å²) in [6.07, 6.45) is 3.28. The Labute approximate surface area is 84.8 Å². The molecule has 76 valence electrons. The molecule has 2 heteroatoms. The van der Waals surface area contributed by atoms with Gasteiger partial charge in [-0.1, -0.05) is 26.3 Å². The predicted molar refractivity (Wildman–Crippen MR) is 56.3 cm³/mol. The molecule has 0 spiro atoms. The van der Waals surface area contributed by atoms with Gasteiger partial charge in [-0.05, 0) is 24.5 Å². The summed E-state index contributed by atoms with van der Waals surface area (Å²) < 4.78 is 11.0. The minimum absolute atomic E-state index is 0.767. The lowest BCUT2D eigenvalue weighted by molar-refractivity contribution is 0.314. The molecule has 2 rings (SSSR count). The van der Waals surface area contributed by atoms with Crippen molar-refractivity contribution >= 4 is 0 Å². The van der Waals surface area contributed by atoms with E-state index in [2.05, 4.69) is 19.9 Å². The van der Waals surface area contributed by atoms with Crippen molar-refractivity contribution in [3.63, 3.8) is 0 Å². The molecule has 14 heavy (non-hydrogen) atoms. The first kappa shape index (κ1) is 9.38. The van der Waals surface area contributed by atoms with E-state index in [0.717, 1.165) is 43.1 Å². The van der Waals surface area contributed by atoms with Gasteiger partial charge in [-0.3, -0.25) is 0 Å². The molecule has 1 aromatic carbocycles. The van der Waals surface area contributed by atoms with Gasteiger partial charge < -0.3 is 9.47 Å². The fraction of sp³-hybridized carbons (Fsp3) is 0.500. The van der Waals surface area contributed by atoms with Crippen LogP contribution in [0.5, 0.6) is 17.2 Å². The molecule has 0 amide bonds. The molecule has 1 aliphatic rings. The Morgan fingerprint density at radius 3 is 2.71 bits per heavy atom. The Kier molecular flexibility index (Phi) is 2.62. The molecule has 0 unspecified atom stereocenters. The highest BCUT2D eigenvalue weighted by Crippen LogP contribution is 2.55. The summed E-state index contributed by atoms with van der Waals surface area (Å²) in [5.41, 5.74) is 1.31. The molecule has 0 atom stereocenters. The molecule has 1 aromatic rings. The Balaban J connectivity index is 2.09. The number of fused-ring (bicyclic) bond motifs is 1. The van der Waals surface area contributed by atoms with E-state index < -0.39 is 0 Å². The van der Waals surface area contributed by atoms with Crippen LogP contribution in [0, 0.1) is 0 Å². The highest BCUT2D eigenvalue weighted by molar-refractivity contribution is 5.67. The summed E-state index contributed by atoms with van der Waals surface area (Å²) in [4.78, 5) is 0. The molecule has 0 aliphatic carbocycles. The lowest BCUT2D eigenvalue weighted by Gasteiger charge is -2.01. The van der Waals surface area contributed by atoms with Gasteiger partial charge in [0.15, 0.2) is 11.5 Å². The van der Waals surface area contributed by atoms with Crippen molar-refractivity contribution in [1.29, 1.82) is 0 Å². The summed E-state index contributed by atoms with van der Waals surface area (Å²) in [5.74, 6) is 2.92. The molecule has 1 aliphatic heterocycles. The molecular weight excluding hydrogens is 176 g/mol. The summed E-state index contributed by atoms with van der Waals surface area (Å²) in [7, 11) is 0. The van der Waals surface area contributed by atoms with Gasteiger partial charge in [0.2, 0.25) is 5.75 Å². The maximum Gasteiger partial charge on any atom is 0.212 e. The van der Waals surface area contributed by atoms with E-state index in [0.29, 0.717) is 0 Å². The third-order valence-electron chi connectivity index (χ3n) is 2.30. The first-order valence-electron chi connectivity index (χ1n) is 5.33. The lowest BCUT2D eigenvalue weighted by Crippen LogP contribution is -1.93. The number of rotatable bonds is 5. The van der Waals surface area contributed by atoms with Crippen molar-refractivity contribution in [2.24, 2.45) is 0 Å². The van der Waals surface area contributed by atoms with Crippen LogP contribution in [0.3, 0.4) is 0 Å². The first-order chi connectivity index (χ1) is 6.86. The molecule has 0 saturated carbocycles. The molecular formula is C12H16O2. The summed E-state index contributed by atoms with van der Waals surface area (Å²) in [6, 6.07) is 4.13. The average Bonchev–Trinajstić information content (AvgIpc) is 2.97. The smallest absolute Gasteiger partial charge is 0.212 e. The van der Waals surface area contributed by atoms with Crippen LogP contribution in [-0.2, 0) is 6.42 Å². The molecule has 0 fully saturated rings. The van der Waals surface area contributed by atoms with Crippen LogP contribution in [0.25, 0.3) is 0 Å². The standard InChI is InChI=1S/C12H16O2/c1-3-5-9-6-7-10(13-8-4-2)12-11(9)14-12/h6-7H,3-5,8H2,1-2H3. The average molecular weight is 192 g/mol. The third kappa shape index (κ3) is 1.69. The van der Waals surface area contributed by atoms with Gasteiger partial charge >= 0.3 is 0 Å². The molecule has 0 saturated heterocycles. The quantitative estimate of drug-likeness (QED) is 0.676. The summed E-state index contributed by atoms with van der Waals surface area (Å²) in [5, 5.41) is 0. The van der Waals surface area contributed by atoms with Gasteiger partial charge in [0.05, 0.1) is 6.61 Å². The van der Waals surface area contributed by atoms with Crippen molar-refractivity contribution in [2.45, 2.75) is 33.1 Å². The largest absolute Gasteiger partial charge is 0.490 e. The number of aryl methyl sites for hydroxylation is 1. The highest BCUT2D eigenvalue weighted by Gasteiger charge is 2.29. The van der Waals surface area contributed by atoms with E-state index in [4.69, 9.17) is 9.47 Å². The van der Waals surface area contributed by atoms with Crippen LogP contribution in [0.4, 0.5) is 0 Å². The van der Waals surface area contributed by atoms with Crippen LogP contribution < -0.4 is 9.47 Å². The number of benzene rings is 1. The zero-order valence-electron chi connectivity index (χ0n) is 8.80. The van der Waals surface area contributed by atoms with Crippen molar-refractivity contribution in [3.8, 4) is 17.2 Å². The molecule has 0 bridgehead atoms. The highest BCUT2D eigenvalue weighted by atomic mass is 16.6. The zero-order valence-corrected chi connectivity index (χ0v) is 8.80. The Morgan fingerprint density at radius 1 is 1.14 bits per heavy atom. The second-order valence-electron chi connectivity index (χ2n) is 3.58. The molecule has 0 aromatic heterocycles. The number of ether oxygens (including phenoxy) is 2. The van der Waals surface area contributed by atoms with Gasteiger partial charge in [0.25, 0.3) is 0 Å². The first-order valence-corrected chi connectivity index (χ1v) is 5.33. The van der Waals surface area contributed by atoms with Crippen LogP contribution in [0.15, 0.2) is 12.1 Å². The van der Waals surface area contributed by atoms with Crippen molar-refractivity contribution in [2.75, 3.05) is 6.61 Å². The van der Waals surface area contributed by atoms with Crippen molar-refractivity contribution in [3.05, 3.63) is 17.7 Å². The Hall–Kier alpha value is -1.18. The minimum atomic E-state index is 0.767. The van der Waals surface area contributed by atoms with Crippen molar-refractivity contribution < 1.29 is 9.47 Å². The van der Waals surface area contributed by atoms with E-state index in [1.165, 1.54) is 5.56 Å². The second kappa shape index (κ2) is 3.91. The lowest BCUT2D eigenvalue weighted by atomic mass is 10.1. The van der Waals surface area contributed by atoms with Crippen LogP contribution in [0.2, 0.25) is 0 Å². The molecule has 1 heterocycles. The van der Waals surface area contributed by atoms with E-state index in [1.807, 2.05) is 6.07 Å². The fourth-order valence-electron chi connectivity index (χ4n) is 1.57. The second-order valence-corrected chi connectivity index (χ2v) is 3.58. The van der Waals surface area contributed by atoms with Gasteiger partial charge in [0.1, 0.15) is 0 Å². The number of hydrogen-bond acceptors (Lipinski definition) is 2. The van der Waals surface area contributed by atoms with Crippen LogP contribution >= 0.6 is 0 Å². The summed E-state index contributed by atoms with van der Waals surface area (Å²) in [6.45, 7) is 5.05. The SMILES string of the molecule is CCCOc1ccc(CCC)c2c1O2. The van der Waals surface area contributed by atoms with Gasteiger partial charge in [-0.25, -0.2) is 0 Å². The maximum absolute atomic E-state index is 5.55. The monoisotopic (exact) mass is 192 g/mol. The van der Waals surface area contributed by atoms with Crippen LogP contribution in [0.1, 0.15) is 32.3 Å². The normalized spacial score (nSPS) is 11.9. The fourth-order valence-corrected chi connectivity index (χ4v) is 1.57. The van der Waals surface area contributed by atoms with E-state index in [1.54, 1.807) is 0 Å². The third-order valence-corrected chi connectivity index (χ3v) is 2.30. The molecule has 0 N–H and O–H groups in total. The molecule has 2 nitrogen and oxygen atoms in total. The predicted octanol–water partition coefficient (Wildman–Crippen LogP) is 3.53. The topological polar surface area (TPSA) is 21.8 Å². The van der Waals surface area contributed by atoms with Gasteiger partial charge in [-0.2, -0.15) is 0 Å². The maximum atomic E-state index is 5.55.